The molecule has 0 aromatic heterocycles. The number of amides is 3. The van der Waals surface area contributed by atoms with Crippen LogP contribution >= 0.6 is 23.2 Å². The highest BCUT2D eigenvalue weighted by Gasteiger charge is 2.50. The Kier molecular flexibility index (Phi) is 7.07. The first-order valence-corrected chi connectivity index (χ1v) is 12.0. The molecule has 188 valence electrons. The van der Waals surface area contributed by atoms with Gasteiger partial charge in [-0.2, -0.15) is 0 Å². The van der Waals surface area contributed by atoms with Crippen LogP contribution in [0.3, 0.4) is 0 Å². The molecule has 0 saturated heterocycles. The van der Waals surface area contributed by atoms with Crippen molar-refractivity contribution in [3.05, 3.63) is 81.3 Å². The number of urea groups is 1. The summed E-state index contributed by atoms with van der Waals surface area (Å²) in [5.74, 6) is 1.09. The molecule has 9 heteroatoms. The van der Waals surface area contributed by atoms with Crippen LogP contribution in [0.25, 0.3) is 0 Å². The molecule has 1 N–H and O–H groups in total. The maximum Gasteiger partial charge on any atom is 0.321 e. The molecule has 3 amide bonds. The summed E-state index contributed by atoms with van der Waals surface area (Å²) in [6.07, 6.45) is 0. The van der Waals surface area contributed by atoms with Gasteiger partial charge in [0.25, 0.3) is 0 Å². The normalized spacial score (nSPS) is 16.5. The Morgan fingerprint density at radius 3 is 2.42 bits per heavy atom. The van der Waals surface area contributed by atoms with E-state index in [0.29, 0.717) is 32.8 Å². The molecule has 4 rings (SSSR count). The molecule has 1 aliphatic heterocycles. The molecule has 1 aliphatic rings. The van der Waals surface area contributed by atoms with Gasteiger partial charge in [0.05, 0.1) is 20.8 Å². The van der Waals surface area contributed by atoms with Crippen molar-refractivity contribution in [2.24, 2.45) is 0 Å². The summed E-state index contributed by atoms with van der Waals surface area (Å²) in [5, 5.41) is 3.74. The fourth-order valence-corrected chi connectivity index (χ4v) is 4.91. The molecule has 7 nitrogen and oxygen atoms in total. The lowest BCUT2D eigenvalue weighted by Gasteiger charge is -2.27. The fourth-order valence-electron chi connectivity index (χ4n) is 4.43. The highest BCUT2D eigenvalue weighted by Crippen LogP contribution is 2.50. The topological polar surface area (TPSA) is 71.1 Å². The van der Waals surface area contributed by atoms with E-state index in [-0.39, 0.29) is 18.5 Å². The number of hydrogen-bond acceptors (Lipinski definition) is 4. The maximum absolute atomic E-state index is 14.2. The monoisotopic (exact) mass is 527 g/mol. The highest BCUT2D eigenvalue weighted by atomic mass is 35.5. The number of fused-ring (bicyclic) bond motifs is 1. The van der Waals surface area contributed by atoms with Crippen LogP contribution in [0.15, 0.2) is 54.6 Å². The average Bonchev–Trinajstić information content (AvgIpc) is 3.07. The van der Waals surface area contributed by atoms with Crippen molar-refractivity contribution in [2.75, 3.05) is 38.5 Å². The predicted molar refractivity (Wildman–Crippen MR) is 143 cm³/mol. The highest BCUT2D eigenvalue weighted by molar-refractivity contribution is 6.33. The van der Waals surface area contributed by atoms with Crippen LogP contribution in [0.1, 0.15) is 23.6 Å². The molecule has 0 bridgehead atoms. The quantitative estimate of drug-likeness (QED) is 0.429. The average molecular weight is 528 g/mol. The summed E-state index contributed by atoms with van der Waals surface area (Å²) in [7, 11) is 6.47. The van der Waals surface area contributed by atoms with Crippen LogP contribution in [0.2, 0.25) is 10.0 Å². The predicted octanol–water partition coefficient (Wildman–Crippen LogP) is 5.96. The summed E-state index contributed by atoms with van der Waals surface area (Å²) >= 11 is 13.1. The van der Waals surface area contributed by atoms with E-state index in [2.05, 4.69) is 5.32 Å². The molecule has 1 atom stereocenters. The van der Waals surface area contributed by atoms with E-state index in [4.69, 9.17) is 32.7 Å². The van der Waals surface area contributed by atoms with Gasteiger partial charge in [0, 0.05) is 47.1 Å². The minimum absolute atomic E-state index is 0.171. The number of anilines is 2. The second kappa shape index (κ2) is 9.91. The van der Waals surface area contributed by atoms with Crippen molar-refractivity contribution in [1.82, 2.24) is 4.90 Å². The Morgan fingerprint density at radius 2 is 1.75 bits per heavy atom. The van der Waals surface area contributed by atoms with Crippen molar-refractivity contribution < 1.29 is 19.1 Å². The lowest BCUT2D eigenvalue weighted by atomic mass is 9.77. The summed E-state index contributed by atoms with van der Waals surface area (Å²) < 4.78 is 10.9. The summed E-state index contributed by atoms with van der Waals surface area (Å²) in [6.45, 7) is 2.10. The molecule has 0 fully saturated rings. The zero-order valence-corrected chi connectivity index (χ0v) is 22.2. The third kappa shape index (κ3) is 4.45. The molecule has 3 aromatic carbocycles. The van der Waals surface area contributed by atoms with Gasteiger partial charge >= 0.3 is 6.03 Å². The first-order chi connectivity index (χ1) is 17.1. The fraction of sp³-hybridized carbons (Fsp3) is 0.259. The maximum atomic E-state index is 14.2. The van der Waals surface area contributed by atoms with E-state index in [1.165, 1.54) is 4.90 Å². The second-order valence-electron chi connectivity index (χ2n) is 8.87. The number of carbonyl (C=O) groups is 2. The number of benzene rings is 3. The van der Waals surface area contributed by atoms with Crippen LogP contribution in [0.5, 0.6) is 11.5 Å². The van der Waals surface area contributed by atoms with Gasteiger partial charge in [0.1, 0.15) is 16.9 Å². The Bertz CT molecular complexity index is 1340. The number of carbonyl (C=O) groups excluding carboxylic acids is 2. The Morgan fingerprint density at radius 1 is 1.00 bits per heavy atom. The standard InChI is InChI=1S/C27H27Cl2N3O4/c1-27(20-13-18(8-10-22(20)29)30-26(34)31(2)3)21-12-17(28)7-11-23(21)32(25(27)33)15-16-6-9-19(35-4)14-24(16)36-5/h6-14H,15H2,1-5H3,(H,30,34). The van der Waals surface area contributed by atoms with Gasteiger partial charge in [0.2, 0.25) is 5.91 Å². The molecule has 0 aliphatic carbocycles. The molecule has 1 unspecified atom stereocenters. The number of methoxy groups -OCH3 is 2. The molecule has 3 aromatic rings. The molecule has 36 heavy (non-hydrogen) atoms. The SMILES string of the molecule is COc1ccc(CN2C(=O)C(C)(c3cc(NC(=O)N(C)C)ccc3Cl)c3cc(Cl)ccc32)c(OC)c1. The Balaban J connectivity index is 1.82. The van der Waals surface area contributed by atoms with E-state index >= 15 is 0 Å². The van der Waals surface area contributed by atoms with E-state index < -0.39 is 5.41 Å². The molecule has 1 heterocycles. The molecule has 0 spiro atoms. The van der Waals surface area contributed by atoms with Crippen LogP contribution in [0.4, 0.5) is 16.2 Å². The van der Waals surface area contributed by atoms with E-state index in [9.17, 15) is 9.59 Å². The molecule has 0 radical (unpaired) electrons. The number of hydrogen-bond donors (Lipinski definition) is 1. The van der Waals surface area contributed by atoms with Crippen molar-refractivity contribution >= 4 is 46.5 Å². The minimum Gasteiger partial charge on any atom is -0.497 e. The van der Waals surface area contributed by atoms with E-state index in [1.807, 2.05) is 25.1 Å². The lowest BCUT2D eigenvalue weighted by Crippen LogP contribution is -2.39. The third-order valence-electron chi connectivity index (χ3n) is 6.45. The minimum atomic E-state index is -1.14. The van der Waals surface area contributed by atoms with Gasteiger partial charge in [-0.3, -0.25) is 4.79 Å². The zero-order chi connectivity index (χ0) is 26.2. The van der Waals surface area contributed by atoms with Crippen molar-refractivity contribution in [3.8, 4) is 11.5 Å². The Hall–Kier alpha value is -3.42. The van der Waals surface area contributed by atoms with Crippen molar-refractivity contribution in [1.29, 1.82) is 0 Å². The van der Waals surface area contributed by atoms with Crippen LogP contribution in [-0.4, -0.2) is 45.2 Å². The number of ether oxygens (including phenoxy) is 2. The zero-order valence-electron chi connectivity index (χ0n) is 20.7. The van der Waals surface area contributed by atoms with Gasteiger partial charge in [0.15, 0.2) is 0 Å². The van der Waals surface area contributed by atoms with Crippen LogP contribution in [-0.2, 0) is 16.8 Å². The van der Waals surface area contributed by atoms with Gasteiger partial charge in [-0.1, -0.05) is 23.2 Å². The van der Waals surface area contributed by atoms with E-state index in [1.54, 1.807) is 69.6 Å². The molecular weight excluding hydrogens is 501 g/mol. The third-order valence-corrected chi connectivity index (χ3v) is 7.01. The Labute approximate surface area is 220 Å². The number of nitrogens with one attached hydrogen (secondary N) is 1. The smallest absolute Gasteiger partial charge is 0.321 e. The van der Waals surface area contributed by atoms with E-state index in [0.717, 1.165) is 16.8 Å². The largest absolute Gasteiger partial charge is 0.497 e. The number of nitrogens with zero attached hydrogens (tertiary/aromatic N) is 2. The summed E-state index contributed by atoms with van der Waals surface area (Å²) in [5.41, 5.74) is 2.22. The van der Waals surface area contributed by atoms with Gasteiger partial charge in [-0.25, -0.2) is 4.79 Å². The van der Waals surface area contributed by atoms with Gasteiger partial charge < -0.3 is 24.6 Å². The first kappa shape index (κ1) is 25.7. The number of halogens is 2. The first-order valence-electron chi connectivity index (χ1n) is 11.2. The van der Waals surface area contributed by atoms with Gasteiger partial charge in [-0.05, 0) is 66.6 Å². The van der Waals surface area contributed by atoms with Crippen molar-refractivity contribution in [3.63, 3.8) is 0 Å². The van der Waals surface area contributed by atoms with Crippen LogP contribution < -0.4 is 19.7 Å². The van der Waals surface area contributed by atoms with Gasteiger partial charge in [-0.15, -0.1) is 0 Å². The second-order valence-corrected chi connectivity index (χ2v) is 9.72. The van der Waals surface area contributed by atoms with Crippen molar-refractivity contribution in [2.45, 2.75) is 18.9 Å². The lowest BCUT2D eigenvalue weighted by molar-refractivity contribution is -0.121. The summed E-state index contributed by atoms with van der Waals surface area (Å²) in [4.78, 5) is 29.6. The summed E-state index contributed by atoms with van der Waals surface area (Å²) in [6, 6.07) is 15.7. The van der Waals surface area contributed by atoms with Crippen LogP contribution in [0, 0.1) is 0 Å². The molecular formula is C27H27Cl2N3O4. The molecule has 0 saturated carbocycles. The number of rotatable bonds is 6.